The number of quaternary nitrogens is 1. The molecule has 13 heteroatoms. The number of carbonyl (C=O) groups is 4. The maximum absolute atomic E-state index is 13.6. The number of ether oxygens (including phenoxy) is 2. The topological polar surface area (TPSA) is 158 Å². The lowest BCUT2D eigenvalue weighted by Gasteiger charge is -2.57. The number of aliphatic hydroxyl groups is 1. The summed E-state index contributed by atoms with van der Waals surface area (Å²) in [7, 11) is 7.07. The van der Waals surface area contributed by atoms with Gasteiger partial charge in [-0.1, -0.05) is 36.4 Å². The molecular weight excluding hydrogens is 713 g/mol. The quantitative estimate of drug-likeness (QED) is 0.0825. The second-order valence-corrected chi connectivity index (χ2v) is 16.8. The van der Waals surface area contributed by atoms with Crippen LogP contribution in [0.3, 0.4) is 0 Å². The summed E-state index contributed by atoms with van der Waals surface area (Å²) in [6.45, 7) is 5.50. The van der Waals surface area contributed by atoms with E-state index in [0.717, 1.165) is 30.9 Å². The molecular formula is C43H51N6O7+. The van der Waals surface area contributed by atoms with Crippen molar-refractivity contribution >= 4 is 34.8 Å². The van der Waals surface area contributed by atoms with E-state index in [1.165, 1.54) is 11.1 Å². The minimum Gasteiger partial charge on any atom is -0.497 e. The number of likely N-dealkylation sites (tertiary alicyclic amines) is 1. The minimum atomic E-state index is -1.19. The molecule has 0 radical (unpaired) electrons. The Morgan fingerprint density at radius 3 is 2.43 bits per heavy atom. The first-order chi connectivity index (χ1) is 26.7. The van der Waals surface area contributed by atoms with E-state index in [1.807, 2.05) is 26.2 Å². The lowest BCUT2D eigenvalue weighted by atomic mass is 9.53. The maximum Gasteiger partial charge on any atom is 0.290 e. The van der Waals surface area contributed by atoms with E-state index in [9.17, 15) is 24.3 Å². The molecule has 2 bridgehead atoms. The van der Waals surface area contributed by atoms with Gasteiger partial charge in [-0.3, -0.25) is 24.1 Å². The molecule has 2 amide bonds. The van der Waals surface area contributed by atoms with E-state index >= 15 is 0 Å². The number of likely N-dealkylation sites (N-methyl/N-ethyl adjacent to an activating group) is 1. The number of rotatable bonds is 12. The molecule has 56 heavy (non-hydrogen) atoms. The van der Waals surface area contributed by atoms with Crippen molar-refractivity contribution in [3.8, 4) is 11.5 Å². The van der Waals surface area contributed by atoms with E-state index in [0.29, 0.717) is 53.3 Å². The number of piperidine rings is 1. The molecule has 3 aromatic carbocycles. The molecule has 3 aromatic rings. The van der Waals surface area contributed by atoms with E-state index in [1.54, 1.807) is 64.4 Å². The number of ketones is 2. The summed E-state index contributed by atoms with van der Waals surface area (Å²) in [5.74, 6) is 0.703. The lowest BCUT2D eigenvalue weighted by molar-refractivity contribution is -0.923. The highest BCUT2D eigenvalue weighted by atomic mass is 16.5. The molecule has 294 valence electrons. The molecule has 0 aromatic heterocycles. The predicted molar refractivity (Wildman–Crippen MR) is 211 cm³/mol. The number of hydrogen-bond acceptors (Lipinski definition) is 10. The Labute approximate surface area is 327 Å². The molecule has 3 aliphatic carbocycles. The van der Waals surface area contributed by atoms with E-state index in [2.05, 4.69) is 38.4 Å². The molecule has 1 fully saturated rings. The molecule has 13 nitrogen and oxygen atoms in total. The van der Waals surface area contributed by atoms with Crippen molar-refractivity contribution in [2.45, 2.75) is 62.3 Å². The SMILES string of the molecule is CNc1ccc(NCC[N+](C)(C)NC(=O)C(C)(C)NC(=O)CCN2CCC34c5c6cc(OC)cc5OC3C(O)C=CC4C2C6)c2c1C(=O)c1ccccc1C2=O. The highest BCUT2D eigenvalue weighted by Crippen LogP contribution is 2.61. The Hall–Kier alpha value is -5.24. The molecule has 0 saturated carbocycles. The van der Waals surface area contributed by atoms with Crippen LogP contribution in [0.4, 0.5) is 11.4 Å². The number of aliphatic hydroxyl groups excluding tert-OH is 1. The molecule has 5 unspecified atom stereocenters. The van der Waals surface area contributed by atoms with Crippen LogP contribution in [0.25, 0.3) is 0 Å². The third kappa shape index (κ3) is 6.03. The van der Waals surface area contributed by atoms with Crippen LogP contribution < -0.4 is 30.8 Å². The van der Waals surface area contributed by atoms with E-state index in [4.69, 9.17) is 9.47 Å². The molecule has 5 N–H and O–H groups in total. The Bertz CT molecular complexity index is 2180. The molecule has 2 aliphatic heterocycles. The summed E-state index contributed by atoms with van der Waals surface area (Å²) in [5, 5.41) is 20.3. The van der Waals surface area contributed by atoms with Crippen molar-refractivity contribution in [1.29, 1.82) is 0 Å². The smallest absolute Gasteiger partial charge is 0.290 e. The van der Waals surface area contributed by atoms with Crippen molar-refractivity contribution < 1.29 is 38.4 Å². The summed E-state index contributed by atoms with van der Waals surface area (Å²) < 4.78 is 12.1. The fourth-order valence-electron chi connectivity index (χ4n) is 9.78. The van der Waals surface area contributed by atoms with Crippen LogP contribution >= 0.6 is 0 Å². The second-order valence-electron chi connectivity index (χ2n) is 16.8. The van der Waals surface area contributed by atoms with Gasteiger partial charge in [-0.25, -0.2) is 10.0 Å². The van der Waals surface area contributed by atoms with Crippen LogP contribution in [0.5, 0.6) is 11.5 Å². The summed E-state index contributed by atoms with van der Waals surface area (Å²) in [5.41, 5.74) is 6.48. The van der Waals surface area contributed by atoms with Crippen LogP contribution in [-0.2, 0) is 21.4 Å². The average molecular weight is 764 g/mol. The third-order valence-corrected chi connectivity index (χ3v) is 12.5. The van der Waals surface area contributed by atoms with E-state index < -0.39 is 11.6 Å². The first-order valence-electron chi connectivity index (χ1n) is 19.4. The fraction of sp³-hybridized carbons (Fsp3) is 0.442. The molecule has 2 heterocycles. The van der Waals surface area contributed by atoms with Crippen molar-refractivity contribution in [2.24, 2.45) is 5.92 Å². The van der Waals surface area contributed by atoms with Gasteiger partial charge in [0, 0.05) is 71.5 Å². The normalized spacial score (nSPS) is 24.3. The van der Waals surface area contributed by atoms with Gasteiger partial charge in [-0.05, 0) is 57.0 Å². The Kier molecular flexibility index (Phi) is 9.25. The fourth-order valence-corrected chi connectivity index (χ4v) is 9.78. The first kappa shape index (κ1) is 37.7. The van der Waals surface area contributed by atoms with Crippen LogP contribution in [0.1, 0.15) is 69.7 Å². The number of carbonyl (C=O) groups excluding carboxylic acids is 4. The van der Waals surface area contributed by atoms with Gasteiger partial charge >= 0.3 is 0 Å². The Balaban J connectivity index is 0.878. The number of fused-ring (bicyclic) bond motifs is 2. The molecule has 1 saturated heterocycles. The lowest BCUT2D eigenvalue weighted by Crippen LogP contribution is -2.66. The highest BCUT2D eigenvalue weighted by Gasteiger charge is 2.64. The molecule has 8 rings (SSSR count). The second kappa shape index (κ2) is 13.7. The number of benzene rings is 3. The Morgan fingerprint density at radius 1 is 1.04 bits per heavy atom. The Morgan fingerprint density at radius 2 is 1.73 bits per heavy atom. The van der Waals surface area contributed by atoms with Crippen molar-refractivity contribution in [2.75, 3.05) is 65.1 Å². The van der Waals surface area contributed by atoms with Gasteiger partial charge in [0.25, 0.3) is 5.91 Å². The van der Waals surface area contributed by atoms with Crippen molar-refractivity contribution in [3.63, 3.8) is 0 Å². The van der Waals surface area contributed by atoms with Gasteiger partial charge in [-0.15, -0.1) is 0 Å². The first-order valence-corrected chi connectivity index (χ1v) is 19.4. The minimum absolute atomic E-state index is 0.0944. The number of hydrogen-bond donors (Lipinski definition) is 5. The summed E-state index contributed by atoms with van der Waals surface area (Å²) in [4.78, 5) is 56.6. The van der Waals surface area contributed by atoms with Crippen LogP contribution in [-0.4, -0.2) is 116 Å². The maximum atomic E-state index is 13.6. The molecule has 5 atom stereocenters. The summed E-state index contributed by atoms with van der Waals surface area (Å²) >= 11 is 0. The summed E-state index contributed by atoms with van der Waals surface area (Å²) in [6.07, 6.45) is 4.77. The molecule has 5 aliphatic rings. The number of nitrogens with one attached hydrogen (secondary N) is 4. The van der Waals surface area contributed by atoms with Gasteiger partial charge in [-0.2, -0.15) is 0 Å². The number of nitrogens with zero attached hydrogens (tertiary/aromatic N) is 2. The monoisotopic (exact) mass is 763 g/mol. The summed E-state index contributed by atoms with van der Waals surface area (Å²) in [6, 6.07) is 14.6. The molecule has 1 spiro atoms. The number of amides is 2. The highest BCUT2D eigenvalue weighted by molar-refractivity contribution is 6.31. The standard InChI is InChI=1S/C43H50N6O7/c1-42(2,41(54)47-49(4,5)20-17-45-30-13-12-29(44-3)35-36(30)39(53)27-10-8-7-9-26(27)38(35)52)46-34(51)15-18-48-19-16-43-28-11-14-32(50)40(43)56-33-23-25(55-6)21-24(37(33)43)22-31(28)48/h7-14,21,23,28,31-32,40,50H,15-20,22H2,1-6H3,(H3-,44,45,46,47,51,52,53,54)/p+1. The van der Waals surface area contributed by atoms with Gasteiger partial charge in [0.05, 0.1) is 38.9 Å². The zero-order valence-corrected chi connectivity index (χ0v) is 32.8. The van der Waals surface area contributed by atoms with Gasteiger partial charge in [0.1, 0.15) is 35.8 Å². The van der Waals surface area contributed by atoms with E-state index in [-0.39, 0.29) is 57.9 Å². The van der Waals surface area contributed by atoms with Crippen LogP contribution in [0.15, 0.2) is 60.7 Å². The third-order valence-electron chi connectivity index (χ3n) is 12.5. The zero-order chi connectivity index (χ0) is 39.7. The zero-order valence-electron chi connectivity index (χ0n) is 32.8. The average Bonchev–Trinajstić information content (AvgIpc) is 3.51. The van der Waals surface area contributed by atoms with Crippen molar-refractivity contribution in [3.05, 3.63) is 94.1 Å². The largest absolute Gasteiger partial charge is 0.497 e. The van der Waals surface area contributed by atoms with Crippen molar-refractivity contribution in [1.82, 2.24) is 15.6 Å². The van der Waals surface area contributed by atoms with Gasteiger partial charge in [0.2, 0.25) is 5.91 Å². The number of methoxy groups -OCH3 is 1. The van der Waals surface area contributed by atoms with Gasteiger partial charge in [0.15, 0.2) is 11.6 Å². The number of anilines is 2. The van der Waals surface area contributed by atoms with Gasteiger partial charge < -0.3 is 30.5 Å². The van der Waals surface area contributed by atoms with Crippen LogP contribution in [0.2, 0.25) is 0 Å². The van der Waals surface area contributed by atoms with Crippen LogP contribution in [0, 0.1) is 5.92 Å². The predicted octanol–water partition coefficient (Wildman–Crippen LogP) is 3.19.